The predicted molar refractivity (Wildman–Crippen MR) is 86.8 cm³/mol. The van der Waals surface area contributed by atoms with Gasteiger partial charge in [-0.3, -0.25) is 4.79 Å². The standard InChI is InChI=1S/C14H21ClN2O4S/c1-3-21-13-8-11(15)5-4-10(13)9-17-14(18)12(16)6-7-22(2,19)20/h4-5,8,12H,3,6-7,9,16H2,1-2H3,(H,17,18). The lowest BCUT2D eigenvalue weighted by Crippen LogP contribution is -2.41. The van der Waals surface area contributed by atoms with Gasteiger partial charge in [0.05, 0.1) is 18.4 Å². The van der Waals surface area contributed by atoms with Crippen LogP contribution in [0, 0.1) is 0 Å². The minimum atomic E-state index is -3.13. The molecule has 0 aliphatic carbocycles. The van der Waals surface area contributed by atoms with E-state index in [1.54, 1.807) is 18.2 Å². The summed E-state index contributed by atoms with van der Waals surface area (Å²) >= 11 is 5.91. The third-order valence-corrected chi connectivity index (χ3v) is 4.13. The SMILES string of the molecule is CCOc1cc(Cl)ccc1CNC(=O)C(N)CCS(C)(=O)=O. The molecule has 1 aromatic carbocycles. The van der Waals surface area contributed by atoms with Crippen molar-refractivity contribution in [3.63, 3.8) is 0 Å². The van der Waals surface area contributed by atoms with E-state index >= 15 is 0 Å². The second-order valence-corrected chi connectivity index (χ2v) is 7.62. The Labute approximate surface area is 135 Å². The number of halogens is 1. The van der Waals surface area contributed by atoms with E-state index in [2.05, 4.69) is 5.32 Å². The molecule has 1 rings (SSSR count). The number of ether oxygens (including phenoxy) is 1. The van der Waals surface area contributed by atoms with Gasteiger partial charge in [0.15, 0.2) is 0 Å². The van der Waals surface area contributed by atoms with E-state index in [4.69, 9.17) is 22.1 Å². The highest BCUT2D eigenvalue weighted by Gasteiger charge is 2.16. The maximum atomic E-state index is 11.9. The number of carbonyl (C=O) groups is 1. The molecule has 0 aliphatic heterocycles. The zero-order valence-corrected chi connectivity index (χ0v) is 14.2. The summed E-state index contributed by atoms with van der Waals surface area (Å²) in [5.74, 6) is 0.0771. The second kappa shape index (κ2) is 8.36. The van der Waals surface area contributed by atoms with Crippen LogP contribution in [-0.4, -0.2) is 39.0 Å². The van der Waals surface area contributed by atoms with Crippen molar-refractivity contribution in [2.24, 2.45) is 5.73 Å². The molecule has 0 heterocycles. The van der Waals surface area contributed by atoms with Crippen LogP contribution in [0.15, 0.2) is 18.2 Å². The third-order valence-electron chi connectivity index (χ3n) is 2.92. The van der Waals surface area contributed by atoms with Gasteiger partial charge in [-0.25, -0.2) is 8.42 Å². The maximum Gasteiger partial charge on any atom is 0.237 e. The fraction of sp³-hybridized carbons (Fsp3) is 0.500. The molecular weight excluding hydrogens is 328 g/mol. The number of hydrogen-bond donors (Lipinski definition) is 2. The average Bonchev–Trinajstić information content (AvgIpc) is 2.43. The van der Waals surface area contributed by atoms with E-state index in [0.717, 1.165) is 11.8 Å². The Bertz CT molecular complexity index is 619. The molecular formula is C14H21ClN2O4S. The summed E-state index contributed by atoms with van der Waals surface area (Å²) in [7, 11) is -3.13. The van der Waals surface area contributed by atoms with Crippen LogP contribution >= 0.6 is 11.6 Å². The van der Waals surface area contributed by atoms with E-state index < -0.39 is 21.8 Å². The number of amides is 1. The van der Waals surface area contributed by atoms with Gasteiger partial charge in [-0.05, 0) is 25.5 Å². The van der Waals surface area contributed by atoms with Gasteiger partial charge in [0.25, 0.3) is 0 Å². The Morgan fingerprint density at radius 3 is 2.73 bits per heavy atom. The van der Waals surface area contributed by atoms with Gasteiger partial charge in [-0.1, -0.05) is 17.7 Å². The highest BCUT2D eigenvalue weighted by atomic mass is 35.5. The van der Waals surface area contributed by atoms with E-state index in [0.29, 0.717) is 17.4 Å². The number of nitrogens with two attached hydrogens (primary N) is 1. The summed E-state index contributed by atoms with van der Waals surface area (Å²) in [6, 6.07) is 4.28. The van der Waals surface area contributed by atoms with Gasteiger partial charge < -0.3 is 15.8 Å². The molecule has 8 heteroatoms. The minimum Gasteiger partial charge on any atom is -0.493 e. The van der Waals surface area contributed by atoms with Crippen molar-refractivity contribution in [2.75, 3.05) is 18.6 Å². The lowest BCUT2D eigenvalue weighted by Gasteiger charge is -2.14. The number of carbonyl (C=O) groups excluding carboxylic acids is 1. The lowest BCUT2D eigenvalue weighted by atomic mass is 10.2. The van der Waals surface area contributed by atoms with Crippen LogP contribution < -0.4 is 15.8 Å². The number of nitrogens with one attached hydrogen (secondary N) is 1. The molecule has 3 N–H and O–H groups in total. The van der Waals surface area contributed by atoms with Crippen molar-refractivity contribution in [1.82, 2.24) is 5.32 Å². The molecule has 1 atom stereocenters. The Balaban J connectivity index is 2.60. The quantitative estimate of drug-likeness (QED) is 0.733. The van der Waals surface area contributed by atoms with Gasteiger partial charge in [0, 0.05) is 23.4 Å². The summed E-state index contributed by atoms with van der Waals surface area (Å²) in [6.45, 7) is 2.57. The Hall–Kier alpha value is -1.31. The smallest absolute Gasteiger partial charge is 0.237 e. The number of sulfone groups is 1. The molecule has 1 unspecified atom stereocenters. The van der Waals surface area contributed by atoms with Crippen molar-refractivity contribution in [2.45, 2.75) is 25.9 Å². The molecule has 6 nitrogen and oxygen atoms in total. The van der Waals surface area contributed by atoms with Crippen LogP contribution in [0.1, 0.15) is 18.9 Å². The monoisotopic (exact) mass is 348 g/mol. The first kappa shape index (κ1) is 18.7. The fourth-order valence-electron chi connectivity index (χ4n) is 1.75. The summed E-state index contributed by atoms with van der Waals surface area (Å²) in [4.78, 5) is 11.9. The van der Waals surface area contributed by atoms with E-state index in [9.17, 15) is 13.2 Å². The van der Waals surface area contributed by atoms with Crippen LogP contribution in [0.4, 0.5) is 0 Å². The van der Waals surface area contributed by atoms with E-state index in [-0.39, 0.29) is 18.7 Å². The highest BCUT2D eigenvalue weighted by Crippen LogP contribution is 2.23. The predicted octanol–water partition coefficient (Wildman–Crippen LogP) is 1.12. The van der Waals surface area contributed by atoms with Crippen LogP contribution in [-0.2, 0) is 21.2 Å². The molecule has 124 valence electrons. The Morgan fingerprint density at radius 1 is 1.45 bits per heavy atom. The van der Waals surface area contributed by atoms with E-state index in [1.807, 2.05) is 6.92 Å². The van der Waals surface area contributed by atoms with Gasteiger partial charge in [0.2, 0.25) is 5.91 Å². The Morgan fingerprint density at radius 2 is 2.14 bits per heavy atom. The lowest BCUT2D eigenvalue weighted by molar-refractivity contribution is -0.122. The highest BCUT2D eigenvalue weighted by molar-refractivity contribution is 7.90. The minimum absolute atomic E-state index is 0.0869. The first-order chi connectivity index (χ1) is 10.2. The molecule has 0 aromatic heterocycles. The van der Waals surface area contributed by atoms with Gasteiger partial charge in [-0.15, -0.1) is 0 Å². The summed E-state index contributed by atoms with van der Waals surface area (Å²) in [6.07, 6.45) is 1.20. The molecule has 0 aliphatic rings. The molecule has 0 spiro atoms. The van der Waals surface area contributed by atoms with Crippen molar-refractivity contribution in [3.8, 4) is 5.75 Å². The number of hydrogen-bond acceptors (Lipinski definition) is 5. The summed E-state index contributed by atoms with van der Waals surface area (Å²) < 4.78 is 27.6. The van der Waals surface area contributed by atoms with Gasteiger partial charge in [0.1, 0.15) is 15.6 Å². The molecule has 0 fully saturated rings. The molecule has 1 aromatic rings. The first-order valence-electron chi connectivity index (χ1n) is 6.85. The van der Waals surface area contributed by atoms with Crippen molar-refractivity contribution >= 4 is 27.3 Å². The zero-order valence-electron chi connectivity index (χ0n) is 12.6. The van der Waals surface area contributed by atoms with E-state index in [1.165, 1.54) is 0 Å². The van der Waals surface area contributed by atoms with Gasteiger partial charge >= 0.3 is 0 Å². The summed E-state index contributed by atoms with van der Waals surface area (Å²) in [5.41, 5.74) is 6.45. The first-order valence-corrected chi connectivity index (χ1v) is 9.29. The zero-order chi connectivity index (χ0) is 16.8. The molecule has 0 radical (unpaired) electrons. The Kier molecular flexibility index (Phi) is 7.12. The topological polar surface area (TPSA) is 98.5 Å². The molecule has 0 saturated heterocycles. The summed E-state index contributed by atoms with van der Waals surface area (Å²) in [5, 5.41) is 3.22. The third kappa shape index (κ3) is 6.64. The van der Waals surface area contributed by atoms with Crippen LogP contribution in [0.5, 0.6) is 5.75 Å². The van der Waals surface area contributed by atoms with Crippen LogP contribution in [0.2, 0.25) is 5.02 Å². The average molecular weight is 349 g/mol. The van der Waals surface area contributed by atoms with Crippen molar-refractivity contribution < 1.29 is 17.9 Å². The maximum absolute atomic E-state index is 11.9. The van der Waals surface area contributed by atoms with Crippen molar-refractivity contribution in [1.29, 1.82) is 0 Å². The largest absolute Gasteiger partial charge is 0.493 e. The number of rotatable bonds is 8. The second-order valence-electron chi connectivity index (χ2n) is 4.93. The molecule has 1 amide bonds. The molecule has 0 bridgehead atoms. The van der Waals surface area contributed by atoms with Gasteiger partial charge in [-0.2, -0.15) is 0 Å². The molecule has 22 heavy (non-hydrogen) atoms. The number of benzene rings is 1. The fourth-order valence-corrected chi connectivity index (χ4v) is 2.59. The molecule has 0 saturated carbocycles. The van der Waals surface area contributed by atoms with Crippen molar-refractivity contribution in [3.05, 3.63) is 28.8 Å². The van der Waals surface area contributed by atoms with Crippen LogP contribution in [0.3, 0.4) is 0 Å². The van der Waals surface area contributed by atoms with Crippen LogP contribution in [0.25, 0.3) is 0 Å². The normalized spacial score (nSPS) is 12.7.